The number of rotatable bonds is 5. The fourth-order valence-corrected chi connectivity index (χ4v) is 8.07. The van der Waals surface area contributed by atoms with Crippen LogP contribution in [0.1, 0.15) is 85.3 Å². The summed E-state index contributed by atoms with van der Waals surface area (Å²) in [7, 11) is 1.27. The van der Waals surface area contributed by atoms with Gasteiger partial charge in [-0.15, -0.1) is 0 Å². The van der Waals surface area contributed by atoms with Gasteiger partial charge in [-0.1, -0.05) is 50.2 Å². The van der Waals surface area contributed by atoms with Gasteiger partial charge in [0.25, 0.3) is 0 Å². The summed E-state index contributed by atoms with van der Waals surface area (Å²) in [5.41, 5.74) is 5.43. The highest BCUT2D eigenvalue weighted by atomic mass is 16.5. The molecule has 1 heterocycles. The van der Waals surface area contributed by atoms with Crippen LogP contribution in [-0.4, -0.2) is 46.1 Å². The highest BCUT2D eigenvalue weighted by molar-refractivity contribution is 6.10. The van der Waals surface area contributed by atoms with Crippen LogP contribution >= 0.6 is 0 Å². The number of aryl methyl sites for hydroxylation is 1. The van der Waals surface area contributed by atoms with Crippen LogP contribution in [0.15, 0.2) is 66.7 Å². The van der Waals surface area contributed by atoms with E-state index in [1.807, 2.05) is 37.3 Å². The van der Waals surface area contributed by atoms with Gasteiger partial charge in [-0.3, -0.25) is 14.9 Å². The van der Waals surface area contributed by atoms with E-state index in [0.29, 0.717) is 52.1 Å². The third kappa shape index (κ3) is 6.10. The summed E-state index contributed by atoms with van der Waals surface area (Å²) < 4.78 is 10.3. The maximum absolute atomic E-state index is 12.4. The van der Waals surface area contributed by atoms with Crippen molar-refractivity contribution in [2.45, 2.75) is 70.8 Å². The van der Waals surface area contributed by atoms with E-state index in [0.717, 1.165) is 19.3 Å². The van der Waals surface area contributed by atoms with Crippen LogP contribution in [0, 0.1) is 17.3 Å². The lowest BCUT2D eigenvalue weighted by atomic mass is 9.55. The minimum absolute atomic E-state index is 0.0477. The van der Waals surface area contributed by atoms with E-state index < -0.39 is 6.09 Å². The van der Waals surface area contributed by atoms with Crippen molar-refractivity contribution in [3.63, 3.8) is 0 Å². The molecule has 3 aliphatic carbocycles. The first-order chi connectivity index (χ1) is 22.2. The molecule has 2 fully saturated rings. The number of phenolic OH excluding ortho intramolecular Hbond substituents is 1. The number of aromatic nitrogens is 2. The average molecular weight is 624 g/mol. The molecule has 240 valence electrons. The molecule has 9 nitrogen and oxygen atoms in total. The fraction of sp³-hybridized carbons (Fsp3) is 0.405. The van der Waals surface area contributed by atoms with E-state index in [1.54, 1.807) is 30.3 Å². The normalized spacial score (nSPS) is 24.4. The second-order valence-electron chi connectivity index (χ2n) is 12.9. The molecular formula is C37H41N3O6. The summed E-state index contributed by atoms with van der Waals surface area (Å²) in [6, 6.07) is 20.1. The molecular weight excluding hydrogens is 582 g/mol. The van der Waals surface area contributed by atoms with Crippen molar-refractivity contribution >= 4 is 34.8 Å². The molecule has 1 aromatic heterocycles. The fourth-order valence-electron chi connectivity index (χ4n) is 8.07. The Morgan fingerprint density at radius 1 is 1.00 bits per heavy atom. The number of H-pyrrole nitrogens is 1. The Kier molecular flexibility index (Phi) is 8.84. The summed E-state index contributed by atoms with van der Waals surface area (Å²) in [6.45, 7) is 4.24. The lowest BCUT2D eigenvalue weighted by Gasteiger charge is -2.50. The molecule has 2 saturated carbocycles. The smallest absolute Gasteiger partial charge is 0.413 e. The molecule has 0 saturated heterocycles. The number of hydrogen-bond acceptors (Lipinski definition) is 7. The molecule has 3 aromatic carbocycles. The van der Waals surface area contributed by atoms with Gasteiger partial charge in [0.2, 0.25) is 5.95 Å². The molecule has 0 bridgehead atoms. The molecule has 46 heavy (non-hydrogen) atoms. The standard InChI is InChI=1S/C21H28O3.C16H13N3O3/c1-3-20(23)24-19-9-8-18-17-6-4-13-12-14(22)5-7-15(13)16(17)10-11-21(18,19)2;1-22-16(21)19-15-17-12-8-7-11(9-13(12)18-15)14(20)10-5-3-2-4-6-10/h5,7,12,16-19,22H,3-4,6,8-11H2,1-2H3;2-9H,1H3,(H2,17,18,19,21). The number of carbonyl (C=O) groups is 3. The van der Waals surface area contributed by atoms with Gasteiger partial charge in [0.05, 0.1) is 18.1 Å². The molecule has 9 heteroatoms. The van der Waals surface area contributed by atoms with Gasteiger partial charge in [0, 0.05) is 23.0 Å². The van der Waals surface area contributed by atoms with Crippen molar-refractivity contribution in [1.29, 1.82) is 0 Å². The van der Waals surface area contributed by atoms with Gasteiger partial charge in [-0.05, 0) is 97.7 Å². The third-order valence-corrected chi connectivity index (χ3v) is 10.4. The Morgan fingerprint density at radius 2 is 1.80 bits per heavy atom. The zero-order valence-electron chi connectivity index (χ0n) is 26.5. The molecule has 3 aliphatic rings. The van der Waals surface area contributed by atoms with E-state index >= 15 is 0 Å². The van der Waals surface area contributed by atoms with Crippen molar-refractivity contribution in [2.75, 3.05) is 12.4 Å². The van der Waals surface area contributed by atoms with Crippen molar-refractivity contribution in [3.8, 4) is 5.75 Å². The minimum Gasteiger partial charge on any atom is -0.508 e. The van der Waals surface area contributed by atoms with Crippen LogP contribution in [-0.2, 0) is 20.7 Å². The average Bonchev–Trinajstić information content (AvgIpc) is 3.63. The number of hydrogen-bond donors (Lipinski definition) is 3. The van der Waals surface area contributed by atoms with Crippen molar-refractivity contribution < 1.29 is 29.0 Å². The summed E-state index contributed by atoms with van der Waals surface area (Å²) in [6.07, 6.45) is 6.77. The number of amides is 1. The number of esters is 1. The maximum Gasteiger partial charge on any atom is 0.413 e. The van der Waals surface area contributed by atoms with Crippen molar-refractivity contribution in [2.24, 2.45) is 17.3 Å². The first-order valence-corrected chi connectivity index (χ1v) is 16.2. The van der Waals surface area contributed by atoms with Gasteiger partial charge in [-0.2, -0.15) is 0 Å². The Bertz CT molecular complexity index is 1750. The van der Waals surface area contributed by atoms with Crippen LogP contribution in [0.2, 0.25) is 0 Å². The quantitative estimate of drug-likeness (QED) is 0.155. The third-order valence-electron chi connectivity index (χ3n) is 10.4. The van der Waals surface area contributed by atoms with Crippen molar-refractivity contribution in [1.82, 2.24) is 9.97 Å². The van der Waals surface area contributed by atoms with Crippen LogP contribution in [0.3, 0.4) is 0 Å². The maximum atomic E-state index is 12.4. The summed E-state index contributed by atoms with van der Waals surface area (Å²) in [4.78, 5) is 42.5. The molecule has 5 atom stereocenters. The lowest BCUT2D eigenvalue weighted by Crippen LogP contribution is -2.45. The summed E-state index contributed by atoms with van der Waals surface area (Å²) in [5.74, 6) is 2.52. The first kappa shape index (κ1) is 31.3. The van der Waals surface area contributed by atoms with E-state index in [4.69, 9.17) is 4.74 Å². The number of aromatic amines is 1. The van der Waals surface area contributed by atoms with Crippen LogP contribution in [0.5, 0.6) is 5.75 Å². The van der Waals surface area contributed by atoms with Crippen LogP contribution in [0.4, 0.5) is 10.7 Å². The van der Waals surface area contributed by atoms with Gasteiger partial charge in [-0.25, -0.2) is 9.78 Å². The monoisotopic (exact) mass is 623 g/mol. The molecule has 5 unspecified atom stereocenters. The number of aromatic hydroxyl groups is 1. The lowest BCUT2D eigenvalue weighted by molar-refractivity contribution is -0.157. The second kappa shape index (κ2) is 13.0. The van der Waals surface area contributed by atoms with Crippen LogP contribution in [0.25, 0.3) is 11.0 Å². The predicted molar refractivity (Wildman–Crippen MR) is 175 cm³/mol. The Morgan fingerprint density at radius 3 is 2.57 bits per heavy atom. The number of ketones is 1. The first-order valence-electron chi connectivity index (χ1n) is 16.2. The Balaban J connectivity index is 0.000000162. The minimum atomic E-state index is -0.611. The Labute approximate surface area is 268 Å². The number of ether oxygens (including phenoxy) is 2. The number of nitrogens with zero attached hydrogens (tertiary/aromatic N) is 1. The van der Waals surface area contributed by atoms with Gasteiger partial charge in [0.1, 0.15) is 11.9 Å². The molecule has 0 spiro atoms. The topological polar surface area (TPSA) is 131 Å². The number of fused-ring (bicyclic) bond motifs is 6. The molecule has 4 aromatic rings. The molecule has 0 radical (unpaired) electrons. The number of anilines is 1. The number of nitrogens with one attached hydrogen (secondary N) is 2. The predicted octanol–water partition coefficient (Wildman–Crippen LogP) is 7.54. The second-order valence-corrected chi connectivity index (χ2v) is 12.9. The highest BCUT2D eigenvalue weighted by Gasteiger charge is 2.56. The zero-order chi connectivity index (χ0) is 32.4. The summed E-state index contributed by atoms with van der Waals surface area (Å²) >= 11 is 0. The van der Waals surface area contributed by atoms with E-state index in [-0.39, 0.29) is 29.2 Å². The molecule has 3 N–H and O–H groups in total. The number of imidazole rings is 1. The van der Waals surface area contributed by atoms with Gasteiger partial charge in [0.15, 0.2) is 5.78 Å². The number of carbonyl (C=O) groups excluding carboxylic acids is 3. The SMILES string of the molecule is CCC(=O)OC1CCC2C3CCc4cc(O)ccc4C3CCC12C.COC(=O)Nc1nc2ccc(C(=O)c3ccccc3)cc2[nH]1. The number of benzene rings is 3. The van der Waals surface area contributed by atoms with E-state index in [2.05, 4.69) is 33.0 Å². The summed E-state index contributed by atoms with van der Waals surface area (Å²) in [5, 5.41) is 12.2. The number of methoxy groups -OCH3 is 1. The Hall–Kier alpha value is -4.66. The molecule has 0 aliphatic heterocycles. The van der Waals surface area contributed by atoms with E-state index in [1.165, 1.54) is 37.5 Å². The van der Waals surface area contributed by atoms with Gasteiger partial charge >= 0.3 is 12.1 Å². The van der Waals surface area contributed by atoms with Gasteiger partial charge < -0.3 is 19.6 Å². The van der Waals surface area contributed by atoms with Crippen LogP contribution < -0.4 is 5.32 Å². The number of phenols is 1. The highest BCUT2D eigenvalue weighted by Crippen LogP contribution is 2.61. The van der Waals surface area contributed by atoms with Crippen molar-refractivity contribution in [3.05, 3.63) is 89.0 Å². The molecule has 1 amide bonds. The molecule has 7 rings (SSSR count). The van der Waals surface area contributed by atoms with E-state index in [9.17, 15) is 19.5 Å². The zero-order valence-corrected chi connectivity index (χ0v) is 26.5. The largest absolute Gasteiger partial charge is 0.508 e.